The van der Waals surface area contributed by atoms with Gasteiger partial charge in [0.1, 0.15) is 15.6 Å². The zero-order chi connectivity index (χ0) is 17.7. The maximum absolute atomic E-state index is 13.2. The van der Waals surface area contributed by atoms with E-state index in [4.69, 9.17) is 0 Å². The number of rotatable bonds is 1. The highest BCUT2D eigenvalue weighted by Crippen LogP contribution is 2.39. The van der Waals surface area contributed by atoms with Gasteiger partial charge in [0.15, 0.2) is 0 Å². The zero-order valence-electron chi connectivity index (χ0n) is 14.5. The number of hydrogen-bond donors (Lipinski definition) is 2. The summed E-state index contributed by atoms with van der Waals surface area (Å²) in [6.07, 6.45) is 6.42. The highest BCUT2D eigenvalue weighted by Gasteiger charge is 2.27. The molecule has 0 saturated heterocycles. The van der Waals surface area contributed by atoms with Crippen molar-refractivity contribution in [3.05, 3.63) is 52.6 Å². The Balaban J connectivity index is 1.52. The van der Waals surface area contributed by atoms with Gasteiger partial charge in [-0.3, -0.25) is 0 Å². The maximum Gasteiger partial charge on any atom is 0.353 e. The van der Waals surface area contributed by atoms with Crippen molar-refractivity contribution >= 4 is 27.1 Å². The van der Waals surface area contributed by atoms with E-state index < -0.39 is 15.8 Å². The minimum atomic E-state index is -2.76. The van der Waals surface area contributed by atoms with Crippen LogP contribution < -0.4 is 10.6 Å². The van der Waals surface area contributed by atoms with Gasteiger partial charge in [-0.15, -0.1) is 4.36 Å². The van der Waals surface area contributed by atoms with Crippen molar-refractivity contribution in [2.24, 2.45) is 4.36 Å². The third-order valence-electron chi connectivity index (χ3n) is 5.62. The number of carbonyl (C=O) groups excluding carboxylic acids is 1. The quantitative estimate of drug-likeness (QED) is 0.797. The molecule has 0 aromatic heterocycles. The van der Waals surface area contributed by atoms with Crippen LogP contribution in [-0.4, -0.2) is 16.1 Å². The van der Waals surface area contributed by atoms with Crippen LogP contribution in [0, 0.1) is 0 Å². The first-order chi connectivity index (χ1) is 12.6. The average Bonchev–Trinajstić information content (AvgIpc) is 3.34. The van der Waals surface area contributed by atoms with Crippen LogP contribution in [0.4, 0.5) is 16.2 Å². The second-order valence-corrected chi connectivity index (χ2v) is 9.41. The van der Waals surface area contributed by atoms with E-state index >= 15 is 0 Å². The summed E-state index contributed by atoms with van der Waals surface area (Å²) in [5, 5.41) is 6.11. The average molecular weight is 367 g/mol. The molecular weight excluding hydrogens is 346 g/mol. The van der Waals surface area contributed by atoms with E-state index in [9.17, 15) is 9.00 Å². The molecule has 5 nitrogen and oxygen atoms in total. The summed E-state index contributed by atoms with van der Waals surface area (Å²) in [7, 11) is -2.76. The van der Waals surface area contributed by atoms with E-state index in [1.807, 2.05) is 18.2 Å². The molecule has 0 bridgehead atoms. The lowest BCUT2D eigenvalue weighted by molar-refractivity contribution is 0.260. The number of nitrogens with one attached hydrogen (secondary N) is 2. The van der Waals surface area contributed by atoms with Gasteiger partial charge in [-0.25, -0.2) is 9.00 Å². The van der Waals surface area contributed by atoms with Crippen molar-refractivity contribution in [2.45, 2.75) is 43.4 Å². The maximum atomic E-state index is 13.2. The van der Waals surface area contributed by atoms with Gasteiger partial charge >= 0.3 is 6.03 Å². The Kier molecular flexibility index (Phi) is 3.57. The van der Waals surface area contributed by atoms with Gasteiger partial charge in [0.05, 0.1) is 10.6 Å². The highest BCUT2D eigenvalue weighted by molar-refractivity contribution is 7.94. The normalized spacial score (nSPS) is 22.3. The first-order valence-corrected chi connectivity index (χ1v) is 10.9. The molecule has 5 rings (SSSR count). The highest BCUT2D eigenvalue weighted by atomic mass is 32.2. The summed E-state index contributed by atoms with van der Waals surface area (Å²) in [6.45, 7) is 0. The standard InChI is InChI=1S/C20H21N3O2S/c24-20(23-26(25)12-21-17-9-1-2-10-18(17)26)22-19-15-7-3-5-13(15)11-14-6-4-8-16(14)19/h1-2,9-11,21H,3-8,12H2,(H,22,24). The van der Waals surface area contributed by atoms with Gasteiger partial charge < -0.3 is 10.6 Å². The van der Waals surface area contributed by atoms with Crippen molar-refractivity contribution in [2.75, 3.05) is 16.5 Å². The molecule has 0 saturated carbocycles. The third kappa shape index (κ3) is 2.43. The summed E-state index contributed by atoms with van der Waals surface area (Å²) in [5.74, 6) is 0.185. The van der Waals surface area contributed by atoms with Gasteiger partial charge in [-0.05, 0) is 72.9 Å². The Morgan fingerprint density at radius 3 is 2.46 bits per heavy atom. The minimum Gasteiger partial charge on any atom is -0.372 e. The number of carbonyl (C=O) groups is 1. The van der Waals surface area contributed by atoms with Gasteiger partial charge in [-0.1, -0.05) is 18.2 Å². The summed E-state index contributed by atoms with van der Waals surface area (Å²) in [5.41, 5.74) is 6.98. The molecule has 0 spiro atoms. The molecule has 0 fully saturated rings. The smallest absolute Gasteiger partial charge is 0.353 e. The molecule has 6 heteroatoms. The van der Waals surface area contributed by atoms with Gasteiger partial charge in [0.25, 0.3) is 0 Å². The van der Waals surface area contributed by atoms with Crippen molar-refractivity contribution in [3.8, 4) is 0 Å². The molecule has 1 aliphatic heterocycles. The van der Waals surface area contributed by atoms with Crippen LogP contribution in [0.1, 0.15) is 35.1 Å². The predicted molar refractivity (Wildman–Crippen MR) is 103 cm³/mol. The number of hydrogen-bond acceptors (Lipinski definition) is 3. The van der Waals surface area contributed by atoms with E-state index in [-0.39, 0.29) is 5.88 Å². The van der Waals surface area contributed by atoms with Crippen LogP contribution in [0.15, 0.2) is 39.6 Å². The molecule has 2 N–H and O–H groups in total. The van der Waals surface area contributed by atoms with Crippen molar-refractivity contribution in [1.29, 1.82) is 0 Å². The molecule has 2 aromatic rings. The van der Waals surface area contributed by atoms with Gasteiger partial charge in [-0.2, -0.15) is 0 Å². The fraction of sp³-hybridized carbons (Fsp3) is 0.350. The first-order valence-electron chi connectivity index (χ1n) is 9.19. The number of aryl methyl sites for hydroxylation is 2. The fourth-order valence-electron chi connectivity index (χ4n) is 4.46. The van der Waals surface area contributed by atoms with Crippen LogP contribution in [0.3, 0.4) is 0 Å². The number of para-hydroxylation sites is 1. The van der Waals surface area contributed by atoms with E-state index in [1.165, 1.54) is 22.3 Å². The van der Waals surface area contributed by atoms with Crippen molar-refractivity contribution in [1.82, 2.24) is 0 Å². The monoisotopic (exact) mass is 367 g/mol. The minimum absolute atomic E-state index is 0.185. The lowest BCUT2D eigenvalue weighted by atomic mass is 9.99. The van der Waals surface area contributed by atoms with Crippen LogP contribution in [0.2, 0.25) is 0 Å². The van der Waals surface area contributed by atoms with Crippen LogP contribution in [-0.2, 0) is 35.4 Å². The molecule has 134 valence electrons. The number of urea groups is 1. The largest absolute Gasteiger partial charge is 0.372 e. The fourth-order valence-corrected chi connectivity index (χ4v) is 6.21. The summed E-state index contributed by atoms with van der Waals surface area (Å²) < 4.78 is 17.3. The van der Waals surface area contributed by atoms with E-state index in [0.717, 1.165) is 49.9 Å². The summed E-state index contributed by atoms with van der Waals surface area (Å²) >= 11 is 0. The van der Waals surface area contributed by atoms with Crippen molar-refractivity contribution < 1.29 is 9.00 Å². The van der Waals surface area contributed by atoms with Crippen molar-refractivity contribution in [3.63, 3.8) is 0 Å². The first kappa shape index (κ1) is 15.9. The number of fused-ring (bicyclic) bond motifs is 3. The zero-order valence-corrected chi connectivity index (χ0v) is 15.3. The lowest BCUT2D eigenvalue weighted by Crippen LogP contribution is -2.15. The SMILES string of the molecule is O=C(N=S1(=O)CNc2ccccc21)Nc1c2c(cc3c1CCC3)CCC2. The molecule has 2 aromatic carbocycles. The van der Waals surface area contributed by atoms with E-state index in [1.54, 1.807) is 6.07 Å². The second kappa shape index (κ2) is 5.84. The summed E-state index contributed by atoms with van der Waals surface area (Å²) in [6, 6.07) is 9.19. The molecule has 3 aliphatic rings. The molecule has 2 aliphatic carbocycles. The second-order valence-electron chi connectivity index (χ2n) is 7.21. The molecule has 2 amide bonds. The third-order valence-corrected chi connectivity index (χ3v) is 7.66. The summed E-state index contributed by atoms with van der Waals surface area (Å²) in [4.78, 5) is 13.3. The molecule has 0 radical (unpaired) electrons. The molecular formula is C20H21N3O2S. The molecule has 1 heterocycles. The van der Waals surface area contributed by atoms with E-state index in [2.05, 4.69) is 21.1 Å². The van der Waals surface area contributed by atoms with Crippen LogP contribution in [0.25, 0.3) is 0 Å². The number of anilines is 2. The van der Waals surface area contributed by atoms with Crippen LogP contribution in [0.5, 0.6) is 0 Å². The van der Waals surface area contributed by atoms with Gasteiger partial charge in [0.2, 0.25) is 0 Å². The predicted octanol–water partition coefficient (Wildman–Crippen LogP) is 4.11. The Bertz CT molecular complexity index is 1020. The Morgan fingerprint density at radius 1 is 1.04 bits per heavy atom. The Morgan fingerprint density at radius 2 is 1.73 bits per heavy atom. The Hall–Kier alpha value is -2.34. The number of nitrogens with zero attached hydrogens (tertiary/aromatic N) is 1. The number of amides is 2. The lowest BCUT2D eigenvalue weighted by Gasteiger charge is -2.15. The Labute approximate surface area is 153 Å². The number of benzene rings is 2. The molecule has 1 unspecified atom stereocenters. The molecule has 26 heavy (non-hydrogen) atoms. The molecule has 1 atom stereocenters. The van der Waals surface area contributed by atoms with Gasteiger partial charge in [0, 0.05) is 5.69 Å². The topological polar surface area (TPSA) is 70.6 Å². The van der Waals surface area contributed by atoms with Crippen LogP contribution >= 0.6 is 0 Å². The van der Waals surface area contributed by atoms with E-state index in [0.29, 0.717) is 4.90 Å².